The maximum Gasteiger partial charge on any atom is 0.306 e. The number of ether oxygens (including phenoxy) is 1. The van der Waals surface area contributed by atoms with Gasteiger partial charge in [0.25, 0.3) is 0 Å². The van der Waals surface area contributed by atoms with Crippen molar-refractivity contribution in [1.29, 1.82) is 0 Å². The molecule has 0 radical (unpaired) electrons. The van der Waals surface area contributed by atoms with Gasteiger partial charge in [0.15, 0.2) is 0 Å². The van der Waals surface area contributed by atoms with Crippen LogP contribution in [-0.4, -0.2) is 46.9 Å². The largest absolute Gasteiger partial charge is 0.462 e. The van der Waals surface area contributed by atoms with Crippen molar-refractivity contribution in [1.82, 2.24) is 5.32 Å². The van der Waals surface area contributed by atoms with Crippen LogP contribution in [0.15, 0.2) is 60.8 Å². The second-order valence-electron chi connectivity index (χ2n) is 17.9. The highest BCUT2D eigenvalue weighted by molar-refractivity contribution is 5.77. The number of esters is 1. The Morgan fingerprint density at radius 2 is 0.887 bits per heavy atom. The van der Waals surface area contributed by atoms with E-state index in [1.165, 1.54) is 128 Å². The van der Waals surface area contributed by atoms with E-state index in [4.69, 9.17) is 4.74 Å². The summed E-state index contributed by atoms with van der Waals surface area (Å²) < 4.78 is 5.91. The second-order valence-corrected chi connectivity index (χ2v) is 17.9. The van der Waals surface area contributed by atoms with Crippen LogP contribution in [0.1, 0.15) is 258 Å². The lowest BCUT2D eigenvalue weighted by molar-refractivity contribution is -0.151. The Hall–Kier alpha value is -2.44. The second kappa shape index (κ2) is 49.6. The van der Waals surface area contributed by atoms with Gasteiger partial charge in [-0.2, -0.15) is 0 Å². The highest BCUT2D eigenvalue weighted by Crippen LogP contribution is 2.17. The molecule has 1 amide bonds. The van der Waals surface area contributed by atoms with Crippen LogP contribution in [0.25, 0.3) is 0 Å². The first-order chi connectivity index (χ1) is 30.5. The molecule has 3 atom stereocenters. The maximum absolute atomic E-state index is 13.2. The number of rotatable bonds is 47. The molecule has 360 valence electrons. The summed E-state index contributed by atoms with van der Waals surface area (Å²) in [5.41, 5.74) is 0. The molecule has 0 saturated carbocycles. The molecule has 62 heavy (non-hydrogen) atoms. The number of aliphatic hydroxyl groups is 2. The van der Waals surface area contributed by atoms with Gasteiger partial charge in [-0.05, 0) is 83.5 Å². The van der Waals surface area contributed by atoms with E-state index in [1.54, 1.807) is 0 Å². The molecule has 0 aliphatic rings. The number of carbonyl (C=O) groups excluding carboxylic acids is 2. The lowest BCUT2D eigenvalue weighted by Crippen LogP contribution is -2.46. The zero-order valence-corrected chi connectivity index (χ0v) is 41.0. The van der Waals surface area contributed by atoms with Crippen LogP contribution in [0.5, 0.6) is 0 Å². The van der Waals surface area contributed by atoms with Gasteiger partial charge in [-0.3, -0.25) is 9.59 Å². The Morgan fingerprint density at radius 1 is 0.484 bits per heavy atom. The molecular weight excluding hydrogens is 767 g/mol. The van der Waals surface area contributed by atoms with Crippen LogP contribution in [0.4, 0.5) is 0 Å². The smallest absolute Gasteiger partial charge is 0.306 e. The third-order valence-electron chi connectivity index (χ3n) is 11.8. The number of nitrogens with one attached hydrogen (secondary N) is 1. The van der Waals surface area contributed by atoms with Gasteiger partial charge in [0.05, 0.1) is 25.2 Å². The van der Waals surface area contributed by atoms with Crippen molar-refractivity contribution in [3.8, 4) is 0 Å². The molecule has 3 unspecified atom stereocenters. The third kappa shape index (κ3) is 44.2. The molecule has 6 nitrogen and oxygen atoms in total. The zero-order chi connectivity index (χ0) is 45.2. The van der Waals surface area contributed by atoms with Gasteiger partial charge in [0.1, 0.15) is 6.10 Å². The van der Waals surface area contributed by atoms with Gasteiger partial charge in [0.2, 0.25) is 5.91 Å². The molecule has 0 saturated heterocycles. The monoisotopic (exact) mass is 868 g/mol. The summed E-state index contributed by atoms with van der Waals surface area (Å²) in [6.07, 6.45) is 61.4. The number of hydrogen-bond donors (Lipinski definition) is 3. The van der Waals surface area contributed by atoms with Crippen molar-refractivity contribution in [3.05, 3.63) is 60.8 Å². The van der Waals surface area contributed by atoms with Crippen LogP contribution < -0.4 is 5.32 Å². The van der Waals surface area contributed by atoms with Crippen molar-refractivity contribution < 1.29 is 24.5 Å². The summed E-state index contributed by atoms with van der Waals surface area (Å²) >= 11 is 0. The fourth-order valence-electron chi connectivity index (χ4n) is 7.83. The highest BCUT2D eigenvalue weighted by Gasteiger charge is 2.24. The Kier molecular flexibility index (Phi) is 47.6. The van der Waals surface area contributed by atoms with Crippen LogP contribution in [0, 0.1) is 0 Å². The summed E-state index contributed by atoms with van der Waals surface area (Å²) in [7, 11) is 0. The standard InChI is InChI=1S/C56H101NO5/c1-4-7-10-13-16-19-22-25-27-28-31-34-37-40-43-46-49-56(61)62-52(47-44-41-38-35-32-30-26-23-20-17-14-11-8-5-2)50-55(60)57-53(51-58)54(59)48-45-42-39-36-33-29-24-21-18-15-12-9-6-3/h8,11,17,20,26-28,30,35,38,52-54,58-59H,4-7,9-10,12-16,18-19,21-25,29,31-34,36-37,39-51H2,1-3H3,(H,57,60)/b11-8+,20-17+,28-27+,30-26+,38-35+. The summed E-state index contributed by atoms with van der Waals surface area (Å²) in [5, 5.41) is 23.8. The molecule has 0 fully saturated rings. The van der Waals surface area contributed by atoms with Crippen LogP contribution in [0.2, 0.25) is 0 Å². The summed E-state index contributed by atoms with van der Waals surface area (Å²) in [6.45, 7) is 6.36. The number of amides is 1. The van der Waals surface area contributed by atoms with Crippen LogP contribution in [0.3, 0.4) is 0 Å². The molecular formula is C56H101NO5. The number of aliphatic hydroxyl groups excluding tert-OH is 2. The normalized spacial score (nSPS) is 13.7. The predicted molar refractivity (Wildman–Crippen MR) is 268 cm³/mol. The van der Waals surface area contributed by atoms with Gasteiger partial charge >= 0.3 is 5.97 Å². The highest BCUT2D eigenvalue weighted by atomic mass is 16.5. The number of unbranched alkanes of at least 4 members (excludes halogenated alkanes) is 25. The average molecular weight is 868 g/mol. The molecule has 0 heterocycles. The third-order valence-corrected chi connectivity index (χ3v) is 11.8. The van der Waals surface area contributed by atoms with E-state index in [0.29, 0.717) is 19.3 Å². The van der Waals surface area contributed by atoms with E-state index in [0.717, 1.165) is 83.5 Å². The van der Waals surface area contributed by atoms with E-state index >= 15 is 0 Å². The molecule has 0 spiro atoms. The first kappa shape index (κ1) is 59.6. The first-order valence-corrected chi connectivity index (χ1v) is 26.5. The Labute approximate surface area is 384 Å². The molecule has 0 rings (SSSR count). The summed E-state index contributed by atoms with van der Waals surface area (Å²) in [6, 6.07) is -0.721. The van der Waals surface area contributed by atoms with Crippen LogP contribution >= 0.6 is 0 Å². The lowest BCUT2D eigenvalue weighted by Gasteiger charge is -2.24. The minimum atomic E-state index is -0.804. The predicted octanol–water partition coefficient (Wildman–Crippen LogP) is 16.0. The van der Waals surface area contributed by atoms with E-state index < -0.39 is 18.2 Å². The summed E-state index contributed by atoms with van der Waals surface area (Å²) in [4.78, 5) is 26.2. The Morgan fingerprint density at radius 3 is 1.37 bits per heavy atom. The van der Waals surface area contributed by atoms with Crippen molar-refractivity contribution in [3.63, 3.8) is 0 Å². The van der Waals surface area contributed by atoms with Crippen molar-refractivity contribution in [2.45, 2.75) is 277 Å². The minimum Gasteiger partial charge on any atom is -0.462 e. The van der Waals surface area contributed by atoms with Crippen molar-refractivity contribution in [2.24, 2.45) is 0 Å². The first-order valence-electron chi connectivity index (χ1n) is 26.5. The van der Waals surface area contributed by atoms with Gasteiger partial charge in [-0.25, -0.2) is 0 Å². The fourth-order valence-corrected chi connectivity index (χ4v) is 7.83. The molecule has 0 aromatic rings. The van der Waals surface area contributed by atoms with E-state index in [1.807, 2.05) is 0 Å². The van der Waals surface area contributed by atoms with E-state index in [9.17, 15) is 19.8 Å². The van der Waals surface area contributed by atoms with Crippen LogP contribution in [-0.2, 0) is 14.3 Å². The fraction of sp³-hybridized carbons (Fsp3) is 0.786. The van der Waals surface area contributed by atoms with Crippen molar-refractivity contribution in [2.75, 3.05) is 6.61 Å². The van der Waals surface area contributed by atoms with Gasteiger partial charge in [-0.15, -0.1) is 0 Å². The summed E-state index contributed by atoms with van der Waals surface area (Å²) in [5.74, 6) is -0.535. The molecule has 0 aliphatic heterocycles. The Bertz CT molecular complexity index is 1110. The topological polar surface area (TPSA) is 95.9 Å². The number of carbonyl (C=O) groups is 2. The molecule has 0 bridgehead atoms. The van der Waals surface area contributed by atoms with E-state index in [-0.39, 0.29) is 24.9 Å². The van der Waals surface area contributed by atoms with Gasteiger partial charge in [0, 0.05) is 6.42 Å². The molecule has 0 aromatic heterocycles. The zero-order valence-electron chi connectivity index (χ0n) is 41.0. The minimum absolute atomic E-state index is 0.0361. The quantitative estimate of drug-likeness (QED) is 0.0322. The average Bonchev–Trinajstić information content (AvgIpc) is 3.26. The van der Waals surface area contributed by atoms with Gasteiger partial charge < -0.3 is 20.3 Å². The molecule has 6 heteroatoms. The Balaban J connectivity index is 4.65. The van der Waals surface area contributed by atoms with E-state index in [2.05, 4.69) is 86.8 Å². The number of allylic oxidation sites excluding steroid dienone is 10. The lowest BCUT2D eigenvalue weighted by atomic mass is 10.0. The molecule has 3 N–H and O–H groups in total. The van der Waals surface area contributed by atoms with Crippen molar-refractivity contribution >= 4 is 11.9 Å². The molecule has 0 aliphatic carbocycles. The molecule has 0 aromatic carbocycles. The maximum atomic E-state index is 13.2. The SMILES string of the molecule is CC/C=C/C/C=C/C/C=C/C/C=C/CCCC(CC(=O)NC(CO)C(O)CCCCCCCCCCCCCCC)OC(=O)CCCCCCC/C=C/CCCCCCCCC. The van der Waals surface area contributed by atoms with Gasteiger partial charge in [-0.1, -0.05) is 223 Å². The number of hydrogen-bond acceptors (Lipinski definition) is 5.